The molecule has 1 unspecified atom stereocenters. The van der Waals surface area contributed by atoms with Crippen molar-refractivity contribution in [3.8, 4) is 12.3 Å². The van der Waals surface area contributed by atoms with Crippen LogP contribution in [0.3, 0.4) is 0 Å². The highest BCUT2D eigenvalue weighted by atomic mass is 16.5. The van der Waals surface area contributed by atoms with Gasteiger partial charge in [0.05, 0.1) is 20.1 Å². The van der Waals surface area contributed by atoms with E-state index in [-0.39, 0.29) is 12.0 Å². The van der Waals surface area contributed by atoms with Crippen molar-refractivity contribution in [2.24, 2.45) is 0 Å². The van der Waals surface area contributed by atoms with E-state index in [1.165, 1.54) is 20.0 Å². The normalized spacial score (nSPS) is 22.7. The zero-order valence-electron chi connectivity index (χ0n) is 8.66. The van der Waals surface area contributed by atoms with Crippen LogP contribution in [0.4, 0.5) is 0 Å². The quantitative estimate of drug-likeness (QED) is 0.498. The Kier molecular flexibility index (Phi) is 4.48. The number of terminal acetylenes is 1. The SMILES string of the molecule is C#CCN1CCCCC1CC(=O)OC. The largest absolute Gasteiger partial charge is 0.469 e. The second-order valence-corrected chi connectivity index (χ2v) is 3.60. The lowest BCUT2D eigenvalue weighted by atomic mass is 9.99. The average molecular weight is 195 g/mol. The van der Waals surface area contributed by atoms with E-state index < -0.39 is 0 Å². The third kappa shape index (κ3) is 3.04. The molecule has 1 rings (SSSR count). The molecule has 0 N–H and O–H groups in total. The number of hydrogen-bond donors (Lipinski definition) is 0. The smallest absolute Gasteiger partial charge is 0.307 e. The van der Waals surface area contributed by atoms with Crippen LogP contribution in [-0.4, -0.2) is 37.1 Å². The molecule has 0 aliphatic carbocycles. The van der Waals surface area contributed by atoms with E-state index in [2.05, 4.69) is 15.6 Å². The van der Waals surface area contributed by atoms with Crippen LogP contribution in [0, 0.1) is 12.3 Å². The summed E-state index contributed by atoms with van der Waals surface area (Å²) in [7, 11) is 1.43. The summed E-state index contributed by atoms with van der Waals surface area (Å²) in [5.41, 5.74) is 0. The van der Waals surface area contributed by atoms with E-state index in [4.69, 9.17) is 6.42 Å². The molecule has 3 heteroatoms. The van der Waals surface area contributed by atoms with Crippen LogP contribution >= 0.6 is 0 Å². The van der Waals surface area contributed by atoms with Gasteiger partial charge in [-0.2, -0.15) is 0 Å². The number of methoxy groups -OCH3 is 1. The molecule has 0 radical (unpaired) electrons. The summed E-state index contributed by atoms with van der Waals surface area (Å²) in [6, 6.07) is 0.284. The van der Waals surface area contributed by atoms with Gasteiger partial charge in [-0.3, -0.25) is 9.69 Å². The second kappa shape index (κ2) is 5.66. The zero-order valence-corrected chi connectivity index (χ0v) is 8.66. The summed E-state index contributed by atoms with van der Waals surface area (Å²) in [5.74, 6) is 2.49. The molecule has 0 aromatic rings. The lowest BCUT2D eigenvalue weighted by Gasteiger charge is -2.33. The Labute approximate surface area is 85.4 Å². The molecular weight excluding hydrogens is 178 g/mol. The van der Waals surface area contributed by atoms with E-state index in [9.17, 15) is 4.79 Å². The zero-order chi connectivity index (χ0) is 10.4. The fraction of sp³-hybridized carbons (Fsp3) is 0.727. The first-order chi connectivity index (χ1) is 6.77. The van der Waals surface area contributed by atoms with Crippen LogP contribution in [0.15, 0.2) is 0 Å². The Bertz CT molecular complexity index is 232. The van der Waals surface area contributed by atoms with Crippen molar-refractivity contribution in [3.05, 3.63) is 0 Å². The van der Waals surface area contributed by atoms with Gasteiger partial charge in [-0.1, -0.05) is 12.3 Å². The topological polar surface area (TPSA) is 29.5 Å². The van der Waals surface area contributed by atoms with Crippen LogP contribution in [0.2, 0.25) is 0 Å². The van der Waals surface area contributed by atoms with Gasteiger partial charge >= 0.3 is 5.97 Å². The number of rotatable bonds is 3. The number of nitrogens with zero attached hydrogens (tertiary/aromatic N) is 1. The number of hydrogen-bond acceptors (Lipinski definition) is 3. The van der Waals surface area contributed by atoms with Gasteiger partial charge in [0.15, 0.2) is 0 Å². The Morgan fingerprint density at radius 3 is 3.07 bits per heavy atom. The van der Waals surface area contributed by atoms with Crippen molar-refractivity contribution in [1.82, 2.24) is 4.90 Å². The van der Waals surface area contributed by atoms with Crippen molar-refractivity contribution < 1.29 is 9.53 Å². The monoisotopic (exact) mass is 195 g/mol. The summed E-state index contributed by atoms with van der Waals surface area (Å²) < 4.78 is 4.66. The molecule has 78 valence electrons. The van der Waals surface area contributed by atoms with Crippen LogP contribution in [0.1, 0.15) is 25.7 Å². The van der Waals surface area contributed by atoms with Crippen molar-refractivity contribution >= 4 is 5.97 Å². The molecule has 14 heavy (non-hydrogen) atoms. The first-order valence-corrected chi connectivity index (χ1v) is 5.02. The Balaban J connectivity index is 2.46. The maximum atomic E-state index is 11.1. The Morgan fingerprint density at radius 1 is 1.64 bits per heavy atom. The molecule has 0 aromatic heterocycles. The van der Waals surface area contributed by atoms with E-state index in [0.717, 1.165) is 13.0 Å². The first-order valence-electron chi connectivity index (χ1n) is 5.02. The maximum Gasteiger partial charge on any atom is 0.307 e. The van der Waals surface area contributed by atoms with E-state index in [1.54, 1.807) is 0 Å². The number of esters is 1. The lowest BCUT2D eigenvalue weighted by Crippen LogP contribution is -2.41. The second-order valence-electron chi connectivity index (χ2n) is 3.60. The molecule has 0 saturated carbocycles. The van der Waals surface area contributed by atoms with Crippen LogP contribution < -0.4 is 0 Å². The van der Waals surface area contributed by atoms with Crippen LogP contribution in [0.25, 0.3) is 0 Å². The van der Waals surface area contributed by atoms with Gasteiger partial charge in [0, 0.05) is 6.04 Å². The molecule has 0 aromatic carbocycles. The van der Waals surface area contributed by atoms with Gasteiger partial charge in [-0.15, -0.1) is 6.42 Å². The molecule has 1 aliphatic rings. The highest BCUT2D eigenvalue weighted by molar-refractivity contribution is 5.69. The van der Waals surface area contributed by atoms with Crippen LogP contribution in [0.5, 0.6) is 0 Å². The molecule has 1 fully saturated rings. The van der Waals surface area contributed by atoms with E-state index in [0.29, 0.717) is 13.0 Å². The molecular formula is C11H17NO2. The number of carbonyl (C=O) groups excluding carboxylic acids is 1. The van der Waals surface area contributed by atoms with Gasteiger partial charge < -0.3 is 4.74 Å². The van der Waals surface area contributed by atoms with E-state index in [1.807, 2.05) is 0 Å². The highest BCUT2D eigenvalue weighted by Gasteiger charge is 2.23. The predicted octanol–water partition coefficient (Wildman–Crippen LogP) is 1.04. The molecule has 3 nitrogen and oxygen atoms in total. The summed E-state index contributed by atoms with van der Waals surface area (Å²) >= 11 is 0. The third-order valence-corrected chi connectivity index (χ3v) is 2.67. The molecule has 0 bridgehead atoms. The predicted molar refractivity (Wildman–Crippen MR) is 54.7 cm³/mol. The van der Waals surface area contributed by atoms with Crippen molar-refractivity contribution in [1.29, 1.82) is 0 Å². The minimum absolute atomic E-state index is 0.140. The molecule has 0 spiro atoms. The number of likely N-dealkylation sites (tertiary alicyclic amines) is 1. The van der Waals surface area contributed by atoms with Gasteiger partial charge in [0.25, 0.3) is 0 Å². The molecule has 1 saturated heterocycles. The Morgan fingerprint density at radius 2 is 2.43 bits per heavy atom. The van der Waals surface area contributed by atoms with Crippen molar-refractivity contribution in [2.45, 2.75) is 31.7 Å². The molecule has 1 heterocycles. The number of ether oxygens (including phenoxy) is 1. The van der Waals surface area contributed by atoms with Crippen LogP contribution in [-0.2, 0) is 9.53 Å². The first kappa shape index (κ1) is 11.1. The van der Waals surface area contributed by atoms with Gasteiger partial charge in [-0.05, 0) is 19.4 Å². The number of piperidine rings is 1. The summed E-state index contributed by atoms with van der Waals surface area (Å²) in [4.78, 5) is 13.3. The highest BCUT2D eigenvalue weighted by Crippen LogP contribution is 2.19. The Hall–Kier alpha value is -1.01. The van der Waals surface area contributed by atoms with E-state index >= 15 is 0 Å². The van der Waals surface area contributed by atoms with Gasteiger partial charge in [0.1, 0.15) is 0 Å². The fourth-order valence-electron chi connectivity index (χ4n) is 1.89. The minimum Gasteiger partial charge on any atom is -0.469 e. The van der Waals surface area contributed by atoms with Crippen molar-refractivity contribution in [3.63, 3.8) is 0 Å². The average Bonchev–Trinajstić information content (AvgIpc) is 2.21. The summed E-state index contributed by atoms with van der Waals surface area (Å²) in [5, 5.41) is 0. The van der Waals surface area contributed by atoms with Gasteiger partial charge in [-0.25, -0.2) is 0 Å². The third-order valence-electron chi connectivity index (χ3n) is 2.67. The minimum atomic E-state index is -0.140. The molecule has 0 amide bonds. The summed E-state index contributed by atoms with van der Waals surface area (Å²) in [6.45, 7) is 1.65. The van der Waals surface area contributed by atoms with Gasteiger partial charge in [0.2, 0.25) is 0 Å². The standard InChI is InChI=1S/C11H17NO2/c1-3-7-12-8-5-4-6-10(12)9-11(13)14-2/h1,10H,4-9H2,2H3. The van der Waals surface area contributed by atoms with Crippen molar-refractivity contribution in [2.75, 3.05) is 20.2 Å². The summed E-state index contributed by atoms with van der Waals surface area (Å²) in [6.07, 6.45) is 9.16. The number of carbonyl (C=O) groups is 1. The maximum absolute atomic E-state index is 11.1. The molecule has 1 atom stereocenters. The lowest BCUT2D eigenvalue weighted by molar-refractivity contribution is -0.142. The molecule has 1 aliphatic heterocycles. The fourth-order valence-corrected chi connectivity index (χ4v) is 1.89.